The van der Waals surface area contributed by atoms with Gasteiger partial charge in [0, 0.05) is 12.8 Å². The highest BCUT2D eigenvalue weighted by Crippen LogP contribution is 1.99. The summed E-state index contributed by atoms with van der Waals surface area (Å²) >= 11 is 0. The zero-order chi connectivity index (χ0) is 17.1. The Kier molecular flexibility index (Phi) is 8.46. The van der Waals surface area contributed by atoms with Crippen molar-refractivity contribution < 1.29 is 39.3 Å². The monoisotopic (exact) mass is 310 g/mol. The molecule has 0 fully saturated rings. The first kappa shape index (κ1) is 19.0. The van der Waals surface area contributed by atoms with Crippen LogP contribution in [0, 0.1) is 0 Å². The lowest BCUT2D eigenvalue weighted by molar-refractivity contribution is -0.149. The molecule has 0 aliphatic heterocycles. The van der Waals surface area contributed by atoms with Gasteiger partial charge < -0.3 is 15.3 Å². The second kappa shape index (κ2) is 9.81. The minimum atomic E-state index is -1.58. The maximum absolute atomic E-state index is 10.7. The second-order valence-corrected chi connectivity index (χ2v) is 4.01. The van der Waals surface area contributed by atoms with Crippen molar-refractivity contribution in [2.24, 2.45) is 0 Å². The molecule has 0 heterocycles. The van der Waals surface area contributed by atoms with Gasteiger partial charge in [-0.25, -0.2) is 9.59 Å². The van der Waals surface area contributed by atoms with E-state index in [0.717, 1.165) is 5.56 Å². The first-order valence-electron chi connectivity index (χ1n) is 6.02. The molecule has 1 aromatic rings. The van der Waals surface area contributed by atoms with Gasteiger partial charge in [-0.1, -0.05) is 30.3 Å². The smallest absolute Gasteiger partial charge is 0.372 e. The molecule has 118 valence electrons. The highest BCUT2D eigenvalue weighted by molar-refractivity contribution is 6.33. The van der Waals surface area contributed by atoms with E-state index in [1.807, 2.05) is 6.07 Å². The summed E-state index contributed by atoms with van der Waals surface area (Å²) in [6.45, 7) is 0. The number of rotatable bonds is 7. The van der Waals surface area contributed by atoms with Crippen molar-refractivity contribution in [3.63, 3.8) is 0 Å². The fraction of sp³-hybridized carbons (Fsp3) is 0.214. The number of Topliss-reactive ketones (excluding diaryl/α,β-unsaturated/α-hetero) is 2. The molecule has 0 spiro atoms. The zero-order valence-electron chi connectivity index (χ0n) is 11.4. The third-order valence-corrected chi connectivity index (χ3v) is 2.25. The lowest BCUT2D eigenvalue weighted by Gasteiger charge is -1.94. The van der Waals surface area contributed by atoms with Crippen LogP contribution < -0.4 is 0 Å². The molecule has 8 nitrogen and oxygen atoms in total. The van der Waals surface area contributed by atoms with Crippen molar-refractivity contribution in [1.29, 1.82) is 0 Å². The summed E-state index contributed by atoms with van der Waals surface area (Å²) < 4.78 is 0. The molecule has 0 aliphatic rings. The average molecular weight is 310 g/mol. The summed E-state index contributed by atoms with van der Waals surface area (Å²) in [5.74, 6) is -5.97. The lowest BCUT2D eigenvalue weighted by Crippen LogP contribution is -2.14. The highest BCUT2D eigenvalue weighted by atomic mass is 16.4. The Hall–Kier alpha value is -3.03. The number of hydrogen-bond donors (Lipinski definition) is 3. The maximum Gasteiger partial charge on any atom is 0.372 e. The van der Waals surface area contributed by atoms with Crippen molar-refractivity contribution in [3.05, 3.63) is 35.9 Å². The molecule has 1 rings (SSSR count). The molecule has 0 aromatic heterocycles. The molecule has 0 amide bonds. The molecule has 0 atom stereocenters. The number of aliphatic carboxylic acids is 3. The minimum Gasteiger partial charge on any atom is -0.481 e. The van der Waals surface area contributed by atoms with Crippen molar-refractivity contribution >= 4 is 29.5 Å². The van der Waals surface area contributed by atoms with Gasteiger partial charge in [0.1, 0.15) is 0 Å². The minimum absolute atomic E-state index is 0.0316. The molecular formula is C14H14O8. The van der Waals surface area contributed by atoms with E-state index in [4.69, 9.17) is 15.3 Å². The number of ketones is 2. The molecule has 8 heteroatoms. The van der Waals surface area contributed by atoms with Crippen LogP contribution in [0.3, 0.4) is 0 Å². The third kappa shape index (κ3) is 8.97. The Labute approximate surface area is 125 Å². The van der Waals surface area contributed by atoms with Crippen LogP contribution in [-0.4, -0.2) is 44.8 Å². The topological polar surface area (TPSA) is 146 Å². The summed E-state index contributed by atoms with van der Waals surface area (Å²) in [4.78, 5) is 50.6. The lowest BCUT2D eigenvalue weighted by atomic mass is 10.1. The van der Waals surface area contributed by atoms with E-state index in [9.17, 15) is 24.0 Å². The number of hydrogen-bond acceptors (Lipinski definition) is 5. The molecule has 3 N–H and O–H groups in total. The average Bonchev–Trinajstić information content (AvgIpc) is 2.46. The predicted octanol–water partition coefficient (Wildman–Crippen LogP) is 0.388. The standard InChI is InChI=1S/C9H8O3.C5H6O5/c10-8(9(11)12)6-7-4-2-1-3-5-7;6-3(5(9)10)1-2-4(7)8/h1-5H,6H2,(H,11,12);1-2H2,(H,7,8)(H,9,10). The van der Waals surface area contributed by atoms with Gasteiger partial charge in [0.2, 0.25) is 11.6 Å². The van der Waals surface area contributed by atoms with E-state index in [-0.39, 0.29) is 6.42 Å². The number of carboxylic acid groups (broad SMARTS) is 3. The maximum atomic E-state index is 10.7. The Morgan fingerprint density at radius 3 is 1.64 bits per heavy atom. The molecule has 0 unspecified atom stereocenters. The van der Waals surface area contributed by atoms with Gasteiger partial charge in [-0.05, 0) is 5.56 Å². The summed E-state index contributed by atoms with van der Waals surface area (Å²) in [5, 5.41) is 24.2. The Morgan fingerprint density at radius 1 is 0.727 bits per heavy atom. The molecule has 0 saturated carbocycles. The summed E-state index contributed by atoms with van der Waals surface area (Å²) in [6, 6.07) is 8.80. The van der Waals surface area contributed by atoms with Crippen molar-refractivity contribution in [2.75, 3.05) is 0 Å². The van der Waals surface area contributed by atoms with Crippen LogP contribution in [0.2, 0.25) is 0 Å². The number of carbonyl (C=O) groups excluding carboxylic acids is 2. The fourth-order valence-electron chi connectivity index (χ4n) is 1.18. The molecule has 0 saturated heterocycles. The molecular weight excluding hydrogens is 296 g/mol. The Morgan fingerprint density at radius 2 is 1.23 bits per heavy atom. The van der Waals surface area contributed by atoms with E-state index >= 15 is 0 Å². The largest absolute Gasteiger partial charge is 0.481 e. The van der Waals surface area contributed by atoms with Crippen molar-refractivity contribution in [3.8, 4) is 0 Å². The van der Waals surface area contributed by atoms with Gasteiger partial charge in [-0.3, -0.25) is 14.4 Å². The van der Waals surface area contributed by atoms with Gasteiger partial charge in [-0.15, -0.1) is 0 Å². The van der Waals surface area contributed by atoms with Crippen LogP contribution in [0.15, 0.2) is 30.3 Å². The van der Waals surface area contributed by atoms with Gasteiger partial charge in [-0.2, -0.15) is 0 Å². The van der Waals surface area contributed by atoms with E-state index in [2.05, 4.69) is 0 Å². The summed E-state index contributed by atoms with van der Waals surface area (Å²) in [6.07, 6.45) is -0.897. The number of carbonyl (C=O) groups is 5. The normalized spacial score (nSPS) is 9.09. The van der Waals surface area contributed by atoms with Crippen LogP contribution in [0.1, 0.15) is 18.4 Å². The summed E-state index contributed by atoms with van der Waals surface area (Å²) in [7, 11) is 0. The van der Waals surface area contributed by atoms with Crippen LogP contribution in [0.25, 0.3) is 0 Å². The second-order valence-electron chi connectivity index (χ2n) is 4.01. The van der Waals surface area contributed by atoms with E-state index < -0.39 is 42.3 Å². The van der Waals surface area contributed by atoms with Crippen molar-refractivity contribution in [2.45, 2.75) is 19.3 Å². The van der Waals surface area contributed by atoms with Crippen molar-refractivity contribution in [1.82, 2.24) is 0 Å². The van der Waals surface area contributed by atoms with Gasteiger partial charge in [0.25, 0.3) is 0 Å². The van der Waals surface area contributed by atoms with Crippen LogP contribution >= 0.6 is 0 Å². The van der Waals surface area contributed by atoms with Crippen LogP contribution in [0.4, 0.5) is 0 Å². The molecule has 0 radical (unpaired) electrons. The first-order valence-corrected chi connectivity index (χ1v) is 6.02. The fourth-order valence-corrected chi connectivity index (χ4v) is 1.18. The van der Waals surface area contributed by atoms with Crippen LogP contribution in [-0.2, 0) is 30.4 Å². The zero-order valence-corrected chi connectivity index (χ0v) is 11.4. The molecule has 0 aliphatic carbocycles. The molecule has 1 aromatic carbocycles. The first-order chi connectivity index (χ1) is 10.2. The third-order valence-electron chi connectivity index (χ3n) is 2.25. The number of carboxylic acids is 3. The van der Waals surface area contributed by atoms with E-state index in [1.165, 1.54) is 0 Å². The van der Waals surface area contributed by atoms with Crippen LogP contribution in [0.5, 0.6) is 0 Å². The predicted molar refractivity (Wildman–Crippen MR) is 72.3 cm³/mol. The Bertz CT molecular complexity index is 561. The SMILES string of the molecule is O=C(O)C(=O)Cc1ccccc1.O=C(O)CCC(=O)C(=O)O. The Balaban J connectivity index is 0.000000409. The highest BCUT2D eigenvalue weighted by Gasteiger charge is 2.12. The number of benzene rings is 1. The van der Waals surface area contributed by atoms with Gasteiger partial charge >= 0.3 is 17.9 Å². The van der Waals surface area contributed by atoms with E-state index in [0.29, 0.717) is 0 Å². The van der Waals surface area contributed by atoms with Gasteiger partial charge in [0.15, 0.2) is 0 Å². The van der Waals surface area contributed by atoms with E-state index in [1.54, 1.807) is 24.3 Å². The summed E-state index contributed by atoms with van der Waals surface area (Å²) in [5.41, 5.74) is 0.727. The van der Waals surface area contributed by atoms with Gasteiger partial charge in [0.05, 0.1) is 6.42 Å². The quantitative estimate of drug-likeness (QED) is 0.613. The molecule has 22 heavy (non-hydrogen) atoms. The molecule has 0 bridgehead atoms.